The zero-order valence-corrected chi connectivity index (χ0v) is 10.1. The molecule has 0 radical (unpaired) electrons. The van der Waals surface area contributed by atoms with E-state index in [0.717, 1.165) is 39.4 Å². The van der Waals surface area contributed by atoms with Crippen LogP contribution in [0.3, 0.4) is 0 Å². The van der Waals surface area contributed by atoms with Gasteiger partial charge >= 0.3 is 0 Å². The Morgan fingerprint density at radius 1 is 1.29 bits per heavy atom. The van der Waals surface area contributed by atoms with Gasteiger partial charge in [0.2, 0.25) is 5.91 Å². The van der Waals surface area contributed by atoms with E-state index in [2.05, 4.69) is 15.5 Å². The van der Waals surface area contributed by atoms with Crippen molar-refractivity contribution in [2.24, 2.45) is 0 Å². The molecule has 0 spiro atoms. The molecule has 1 atom stereocenters. The van der Waals surface area contributed by atoms with Crippen molar-refractivity contribution in [3.63, 3.8) is 0 Å². The van der Waals surface area contributed by atoms with Crippen molar-refractivity contribution in [3.05, 3.63) is 0 Å². The normalized spacial score (nSPS) is 26.7. The third kappa shape index (κ3) is 4.23. The third-order valence-electron chi connectivity index (χ3n) is 3.07. The summed E-state index contributed by atoms with van der Waals surface area (Å²) in [6.45, 7) is 7.02. The van der Waals surface area contributed by atoms with E-state index < -0.39 is 0 Å². The average molecular weight is 243 g/mol. The molecule has 2 heterocycles. The van der Waals surface area contributed by atoms with Crippen LogP contribution in [-0.4, -0.2) is 76.0 Å². The van der Waals surface area contributed by atoms with Crippen molar-refractivity contribution >= 4 is 5.91 Å². The Bertz CT molecular complexity index is 238. The van der Waals surface area contributed by atoms with Crippen LogP contribution in [0.2, 0.25) is 0 Å². The lowest BCUT2D eigenvalue weighted by Crippen LogP contribution is -2.52. The van der Waals surface area contributed by atoms with Gasteiger partial charge in [0.05, 0.1) is 26.4 Å². The molecule has 2 aliphatic heterocycles. The van der Waals surface area contributed by atoms with Crippen LogP contribution in [0.25, 0.3) is 0 Å². The number of hydrogen-bond donors (Lipinski definition) is 2. The van der Waals surface area contributed by atoms with E-state index in [1.165, 1.54) is 0 Å². The van der Waals surface area contributed by atoms with E-state index in [9.17, 15) is 4.79 Å². The van der Waals surface area contributed by atoms with Crippen LogP contribution in [0.4, 0.5) is 0 Å². The monoisotopic (exact) mass is 243 g/mol. The van der Waals surface area contributed by atoms with Crippen molar-refractivity contribution in [3.8, 4) is 0 Å². The Morgan fingerprint density at radius 3 is 2.82 bits per heavy atom. The van der Waals surface area contributed by atoms with Crippen LogP contribution >= 0.6 is 0 Å². The quantitative estimate of drug-likeness (QED) is 0.624. The maximum atomic E-state index is 11.7. The maximum Gasteiger partial charge on any atom is 0.239 e. The van der Waals surface area contributed by atoms with E-state index in [-0.39, 0.29) is 11.9 Å². The highest BCUT2D eigenvalue weighted by molar-refractivity contribution is 5.81. The second kappa shape index (κ2) is 6.90. The molecule has 0 aromatic heterocycles. The molecule has 1 amide bonds. The number of nitrogens with one attached hydrogen (secondary N) is 2. The fraction of sp³-hybridized carbons (Fsp3) is 0.909. The molecule has 2 saturated heterocycles. The molecule has 6 heteroatoms. The molecule has 0 saturated carbocycles. The maximum absolute atomic E-state index is 11.7. The summed E-state index contributed by atoms with van der Waals surface area (Å²) in [6, 6.07) is -0.187. The van der Waals surface area contributed by atoms with Crippen LogP contribution < -0.4 is 10.6 Å². The second-order valence-electron chi connectivity index (χ2n) is 4.33. The molecule has 6 nitrogen and oxygen atoms in total. The van der Waals surface area contributed by atoms with Gasteiger partial charge < -0.3 is 20.1 Å². The van der Waals surface area contributed by atoms with Gasteiger partial charge in [-0.15, -0.1) is 0 Å². The minimum absolute atomic E-state index is 0.0398. The first-order valence-electron chi connectivity index (χ1n) is 6.25. The zero-order valence-electron chi connectivity index (χ0n) is 10.1. The van der Waals surface area contributed by atoms with Gasteiger partial charge in [-0.25, -0.2) is 0 Å². The summed E-state index contributed by atoms with van der Waals surface area (Å²) in [5.74, 6) is 0.0398. The zero-order chi connectivity index (χ0) is 11.9. The topological polar surface area (TPSA) is 62.8 Å². The number of carbonyl (C=O) groups is 1. The van der Waals surface area contributed by atoms with Crippen molar-refractivity contribution in [2.75, 3.05) is 59.2 Å². The standard InChI is InChI=1S/C11H21N3O3/c15-11(10-9-17-6-2-12-10)13-1-3-14-4-7-16-8-5-14/h10,12H,1-9H2,(H,13,15). The van der Waals surface area contributed by atoms with Crippen LogP contribution in [0.5, 0.6) is 0 Å². The molecule has 17 heavy (non-hydrogen) atoms. The summed E-state index contributed by atoms with van der Waals surface area (Å²) in [4.78, 5) is 14.0. The first-order valence-corrected chi connectivity index (χ1v) is 6.25. The summed E-state index contributed by atoms with van der Waals surface area (Å²) < 4.78 is 10.5. The molecule has 2 fully saturated rings. The SMILES string of the molecule is O=C(NCCN1CCOCC1)C1COCCN1. The van der Waals surface area contributed by atoms with Gasteiger partial charge in [0.15, 0.2) is 0 Å². The number of ether oxygens (including phenoxy) is 2. The Morgan fingerprint density at radius 2 is 2.12 bits per heavy atom. The smallest absolute Gasteiger partial charge is 0.239 e. The molecule has 2 rings (SSSR count). The average Bonchev–Trinajstić information content (AvgIpc) is 2.41. The number of morpholine rings is 2. The fourth-order valence-electron chi connectivity index (χ4n) is 2.02. The number of carbonyl (C=O) groups excluding carboxylic acids is 1. The molecule has 98 valence electrons. The van der Waals surface area contributed by atoms with E-state index in [0.29, 0.717) is 19.8 Å². The highest BCUT2D eigenvalue weighted by Gasteiger charge is 2.20. The van der Waals surface area contributed by atoms with Crippen LogP contribution in [-0.2, 0) is 14.3 Å². The predicted octanol–water partition coefficient (Wildman–Crippen LogP) is -1.58. The lowest BCUT2D eigenvalue weighted by atomic mass is 10.2. The summed E-state index contributed by atoms with van der Waals surface area (Å²) in [7, 11) is 0. The first-order chi connectivity index (χ1) is 8.36. The molecule has 0 aromatic carbocycles. The molecule has 0 aromatic rings. The summed E-state index contributed by atoms with van der Waals surface area (Å²) in [6.07, 6.45) is 0. The molecule has 1 unspecified atom stereocenters. The Kier molecular flexibility index (Phi) is 5.18. The molecular formula is C11H21N3O3. The fourth-order valence-corrected chi connectivity index (χ4v) is 2.02. The minimum Gasteiger partial charge on any atom is -0.379 e. The van der Waals surface area contributed by atoms with Gasteiger partial charge in [0.25, 0.3) is 0 Å². The second-order valence-corrected chi connectivity index (χ2v) is 4.33. The van der Waals surface area contributed by atoms with Gasteiger partial charge in [0, 0.05) is 32.7 Å². The summed E-state index contributed by atoms with van der Waals surface area (Å²) in [5, 5.41) is 6.07. The van der Waals surface area contributed by atoms with Crippen molar-refractivity contribution in [1.82, 2.24) is 15.5 Å². The number of nitrogens with zero attached hydrogens (tertiary/aromatic N) is 1. The highest BCUT2D eigenvalue weighted by Crippen LogP contribution is 1.96. The largest absolute Gasteiger partial charge is 0.379 e. The van der Waals surface area contributed by atoms with Crippen molar-refractivity contribution in [2.45, 2.75) is 6.04 Å². The lowest BCUT2D eigenvalue weighted by molar-refractivity contribution is -0.126. The summed E-state index contributed by atoms with van der Waals surface area (Å²) >= 11 is 0. The van der Waals surface area contributed by atoms with E-state index in [1.54, 1.807) is 0 Å². The van der Waals surface area contributed by atoms with E-state index in [1.807, 2.05) is 0 Å². The molecule has 2 N–H and O–H groups in total. The molecule has 0 bridgehead atoms. The van der Waals surface area contributed by atoms with E-state index >= 15 is 0 Å². The summed E-state index contributed by atoms with van der Waals surface area (Å²) in [5.41, 5.74) is 0. The number of amides is 1. The Labute approximate surface area is 102 Å². The number of hydrogen-bond acceptors (Lipinski definition) is 5. The lowest BCUT2D eigenvalue weighted by Gasteiger charge is -2.27. The van der Waals surface area contributed by atoms with Crippen molar-refractivity contribution < 1.29 is 14.3 Å². The minimum atomic E-state index is -0.187. The molecule has 2 aliphatic rings. The van der Waals surface area contributed by atoms with Gasteiger partial charge in [-0.3, -0.25) is 9.69 Å². The van der Waals surface area contributed by atoms with Crippen LogP contribution in [0.1, 0.15) is 0 Å². The molecule has 0 aliphatic carbocycles. The van der Waals surface area contributed by atoms with Crippen molar-refractivity contribution in [1.29, 1.82) is 0 Å². The van der Waals surface area contributed by atoms with E-state index in [4.69, 9.17) is 9.47 Å². The van der Waals surface area contributed by atoms with Gasteiger partial charge in [0.1, 0.15) is 6.04 Å². The third-order valence-corrected chi connectivity index (χ3v) is 3.07. The van der Waals surface area contributed by atoms with Crippen LogP contribution in [0.15, 0.2) is 0 Å². The number of rotatable bonds is 4. The highest BCUT2D eigenvalue weighted by atomic mass is 16.5. The van der Waals surface area contributed by atoms with Gasteiger partial charge in [-0.1, -0.05) is 0 Å². The first kappa shape index (κ1) is 12.8. The van der Waals surface area contributed by atoms with Gasteiger partial charge in [-0.05, 0) is 0 Å². The van der Waals surface area contributed by atoms with Gasteiger partial charge in [-0.2, -0.15) is 0 Å². The van der Waals surface area contributed by atoms with Crippen LogP contribution in [0, 0.1) is 0 Å². The molecular weight excluding hydrogens is 222 g/mol. The Balaban J connectivity index is 1.58. The predicted molar refractivity (Wildman–Crippen MR) is 62.9 cm³/mol. The Hall–Kier alpha value is -0.690.